The zero-order valence-corrected chi connectivity index (χ0v) is 23.5. The summed E-state index contributed by atoms with van der Waals surface area (Å²) < 4.78 is 26.8. The summed E-state index contributed by atoms with van der Waals surface area (Å²) in [6.07, 6.45) is 6.28. The van der Waals surface area contributed by atoms with E-state index < -0.39 is 10.0 Å². The number of nitrogens with two attached hydrogens (primary N) is 2. The lowest BCUT2D eigenvalue weighted by atomic mass is 9.99. The number of aromatic nitrogens is 4. The van der Waals surface area contributed by atoms with Gasteiger partial charge in [0.25, 0.3) is 5.56 Å². The van der Waals surface area contributed by atoms with E-state index in [-0.39, 0.29) is 22.9 Å². The molecule has 12 heteroatoms. The second-order valence-electron chi connectivity index (χ2n) is 9.04. The van der Waals surface area contributed by atoms with Crippen molar-refractivity contribution < 1.29 is 8.42 Å². The molecule has 41 heavy (non-hydrogen) atoms. The van der Waals surface area contributed by atoms with Gasteiger partial charge in [-0.1, -0.05) is 43.3 Å². The van der Waals surface area contributed by atoms with Crippen LogP contribution in [0.4, 0.5) is 17.5 Å². The molecule has 0 saturated heterocycles. The van der Waals surface area contributed by atoms with Crippen LogP contribution in [0.5, 0.6) is 0 Å². The van der Waals surface area contributed by atoms with Crippen LogP contribution >= 0.6 is 0 Å². The Kier molecular flexibility index (Phi) is 8.30. The fraction of sp³-hybridized carbons (Fsp3) is 0.138. The van der Waals surface area contributed by atoms with Crippen LogP contribution in [0.25, 0.3) is 27.6 Å². The van der Waals surface area contributed by atoms with Gasteiger partial charge in [-0.15, -0.1) is 0 Å². The Morgan fingerprint density at radius 3 is 2.39 bits per heavy atom. The van der Waals surface area contributed by atoms with Crippen molar-refractivity contribution in [3.05, 3.63) is 101 Å². The summed E-state index contributed by atoms with van der Waals surface area (Å²) in [5.74, 6) is 0.200. The Morgan fingerprint density at radius 1 is 1.02 bits per heavy atom. The molecule has 4 N–H and O–H groups in total. The molecule has 2 aromatic carbocycles. The lowest BCUT2D eigenvalue weighted by Gasteiger charge is -2.18. The predicted molar refractivity (Wildman–Crippen MR) is 161 cm³/mol. The highest BCUT2D eigenvalue weighted by molar-refractivity contribution is 7.92. The highest BCUT2D eigenvalue weighted by Crippen LogP contribution is 2.30. The van der Waals surface area contributed by atoms with Crippen molar-refractivity contribution in [2.45, 2.75) is 13.3 Å². The number of rotatable bonds is 5. The summed E-state index contributed by atoms with van der Waals surface area (Å²) in [6, 6.07) is 20.8. The first-order chi connectivity index (χ1) is 19.5. The van der Waals surface area contributed by atoms with Crippen LogP contribution in [0.1, 0.15) is 18.2 Å². The van der Waals surface area contributed by atoms with E-state index in [9.17, 15) is 13.2 Å². The Balaban J connectivity index is 0.000000328. The average molecular weight is 569 g/mol. The van der Waals surface area contributed by atoms with Gasteiger partial charge in [-0.2, -0.15) is 10.2 Å². The molecule has 3 aromatic heterocycles. The van der Waals surface area contributed by atoms with Gasteiger partial charge in [-0.25, -0.2) is 13.4 Å². The maximum Gasteiger partial charge on any atom is 0.263 e. The monoisotopic (exact) mass is 568 g/mol. The van der Waals surface area contributed by atoms with Gasteiger partial charge in [0.15, 0.2) is 0 Å². The minimum Gasteiger partial charge on any atom is -0.382 e. The molecule has 0 aliphatic carbocycles. The van der Waals surface area contributed by atoms with Crippen LogP contribution in [0.15, 0.2) is 84.0 Å². The zero-order chi connectivity index (χ0) is 29.7. The third-order valence-electron chi connectivity index (χ3n) is 6.35. The summed E-state index contributed by atoms with van der Waals surface area (Å²) in [4.78, 5) is 25.1. The van der Waals surface area contributed by atoms with E-state index in [4.69, 9.17) is 16.7 Å². The molecule has 3 heterocycles. The van der Waals surface area contributed by atoms with E-state index in [1.807, 2.05) is 67.6 Å². The molecular formula is C29H28N8O3S. The van der Waals surface area contributed by atoms with E-state index in [1.165, 1.54) is 23.7 Å². The van der Waals surface area contributed by atoms with Crippen LogP contribution in [0.3, 0.4) is 0 Å². The minimum atomic E-state index is -3.43. The summed E-state index contributed by atoms with van der Waals surface area (Å²) in [5, 5.41) is 9.77. The van der Waals surface area contributed by atoms with E-state index in [0.717, 1.165) is 23.0 Å². The molecule has 5 rings (SSSR count). The van der Waals surface area contributed by atoms with E-state index in [1.54, 1.807) is 16.8 Å². The summed E-state index contributed by atoms with van der Waals surface area (Å²) in [5.41, 5.74) is 14.1. The highest BCUT2D eigenvalue weighted by atomic mass is 32.2. The molecule has 0 spiro atoms. The Bertz CT molecular complexity index is 1930. The molecule has 208 valence electrons. The number of anilines is 3. The third-order valence-corrected chi connectivity index (χ3v) is 7.56. The number of benzene rings is 2. The van der Waals surface area contributed by atoms with E-state index in [0.29, 0.717) is 28.6 Å². The van der Waals surface area contributed by atoms with Crippen molar-refractivity contribution in [3.8, 4) is 22.9 Å². The maximum atomic E-state index is 13.7. The Hall–Kier alpha value is -5.28. The molecule has 0 amide bonds. The van der Waals surface area contributed by atoms with Gasteiger partial charge < -0.3 is 11.5 Å². The number of hydrogen-bond donors (Lipinski definition) is 2. The first-order valence-electron chi connectivity index (χ1n) is 12.5. The van der Waals surface area contributed by atoms with Crippen LogP contribution in [0, 0.1) is 11.3 Å². The van der Waals surface area contributed by atoms with Crippen LogP contribution in [-0.4, -0.2) is 41.2 Å². The molecule has 0 saturated carbocycles. The van der Waals surface area contributed by atoms with Gasteiger partial charge in [-0.3, -0.25) is 18.7 Å². The lowest BCUT2D eigenvalue weighted by molar-refractivity contribution is 0.600. The first-order valence-corrected chi connectivity index (χ1v) is 14.3. The average Bonchev–Trinajstić information content (AvgIpc) is 2.96. The molecule has 0 aliphatic rings. The molecule has 0 fully saturated rings. The fourth-order valence-electron chi connectivity index (χ4n) is 4.21. The largest absolute Gasteiger partial charge is 0.382 e. The SMILES string of the molecule is CCc1cc2cccc(-c3cncc(N(C)S(C)(=O)=O)c3)c2c(=O)n1-c1ccccc1.N#Cc1cnc(N)nc1N. The molecule has 0 bridgehead atoms. The van der Waals surface area contributed by atoms with E-state index >= 15 is 0 Å². The zero-order valence-electron chi connectivity index (χ0n) is 22.7. The molecule has 11 nitrogen and oxygen atoms in total. The second-order valence-corrected chi connectivity index (χ2v) is 11.1. The number of nitrogens with zero attached hydrogens (tertiary/aromatic N) is 6. The van der Waals surface area contributed by atoms with Crippen LogP contribution in [-0.2, 0) is 16.4 Å². The minimum absolute atomic E-state index is 0.0801. The van der Waals surface area contributed by atoms with E-state index in [2.05, 4.69) is 15.0 Å². The first kappa shape index (κ1) is 28.7. The number of nitriles is 1. The van der Waals surface area contributed by atoms with Gasteiger partial charge >= 0.3 is 0 Å². The Labute approximate surface area is 237 Å². The third kappa shape index (κ3) is 6.15. The topological polar surface area (TPSA) is 174 Å². The van der Waals surface area contributed by atoms with Crippen molar-refractivity contribution in [1.82, 2.24) is 19.5 Å². The van der Waals surface area contributed by atoms with Crippen molar-refractivity contribution >= 4 is 38.2 Å². The molecule has 0 aliphatic heterocycles. The number of aryl methyl sites for hydroxylation is 1. The normalized spacial score (nSPS) is 10.9. The molecule has 5 aromatic rings. The van der Waals surface area contributed by atoms with Gasteiger partial charge in [0, 0.05) is 30.2 Å². The number of pyridine rings is 2. The molecule has 0 atom stereocenters. The van der Waals surface area contributed by atoms with Gasteiger partial charge in [-0.05, 0) is 41.6 Å². The molecule has 0 radical (unpaired) electrons. The lowest BCUT2D eigenvalue weighted by Crippen LogP contribution is -2.25. The molecular weight excluding hydrogens is 540 g/mol. The quantitative estimate of drug-likeness (QED) is 0.321. The van der Waals surface area contributed by atoms with Crippen LogP contribution < -0.4 is 21.3 Å². The van der Waals surface area contributed by atoms with Gasteiger partial charge in [0.05, 0.1) is 29.7 Å². The van der Waals surface area contributed by atoms with Crippen molar-refractivity contribution in [1.29, 1.82) is 5.26 Å². The number of sulfonamides is 1. The highest BCUT2D eigenvalue weighted by Gasteiger charge is 2.17. The fourth-order valence-corrected chi connectivity index (χ4v) is 4.69. The van der Waals surface area contributed by atoms with Gasteiger partial charge in [0.2, 0.25) is 16.0 Å². The number of para-hydroxylation sites is 1. The maximum absolute atomic E-state index is 13.7. The summed E-state index contributed by atoms with van der Waals surface area (Å²) >= 11 is 0. The predicted octanol–water partition coefficient (Wildman–Crippen LogP) is 3.52. The number of hydrogen-bond acceptors (Lipinski definition) is 9. The number of fused-ring (bicyclic) bond motifs is 1. The van der Waals surface area contributed by atoms with Crippen LogP contribution in [0.2, 0.25) is 0 Å². The standard InChI is InChI=1S/C24H23N3O3S.C5H5N5/c1-4-19-13-17-9-8-12-22(18-14-21(16-25-15-18)26(2)31(3,29)30)23(17)24(28)27(19)20-10-6-5-7-11-20;6-1-3-2-9-5(8)10-4(3)7/h5-16H,4H2,1-3H3;2H,(H4,7,8,9,10). The van der Waals surface area contributed by atoms with Crippen molar-refractivity contribution in [3.63, 3.8) is 0 Å². The summed E-state index contributed by atoms with van der Waals surface area (Å²) in [6.45, 7) is 2.03. The van der Waals surface area contributed by atoms with Gasteiger partial charge in [0.1, 0.15) is 17.5 Å². The Morgan fingerprint density at radius 2 is 1.76 bits per heavy atom. The molecule has 0 unspecified atom stereocenters. The number of nitrogen functional groups attached to an aromatic ring is 2. The second kappa shape index (κ2) is 11.8. The smallest absolute Gasteiger partial charge is 0.263 e. The van der Waals surface area contributed by atoms with Crippen molar-refractivity contribution in [2.24, 2.45) is 0 Å². The van der Waals surface area contributed by atoms with Crippen molar-refractivity contribution in [2.75, 3.05) is 29.1 Å². The summed E-state index contributed by atoms with van der Waals surface area (Å²) in [7, 11) is -1.95.